The molecule has 1 aliphatic rings. The zero-order chi connectivity index (χ0) is 14.4. The van der Waals surface area contributed by atoms with Gasteiger partial charge in [-0.25, -0.2) is 0 Å². The van der Waals surface area contributed by atoms with Gasteiger partial charge in [0.15, 0.2) is 0 Å². The fourth-order valence-corrected chi connectivity index (χ4v) is 2.79. The van der Waals surface area contributed by atoms with Crippen LogP contribution in [0, 0.1) is 12.3 Å². The quantitative estimate of drug-likeness (QED) is 0.641. The van der Waals surface area contributed by atoms with Crippen LogP contribution in [0.1, 0.15) is 18.4 Å². The van der Waals surface area contributed by atoms with Crippen molar-refractivity contribution in [1.29, 1.82) is 5.41 Å². The van der Waals surface area contributed by atoms with Crippen LogP contribution in [0.2, 0.25) is 0 Å². The third-order valence-corrected chi connectivity index (χ3v) is 4.06. The Morgan fingerprint density at radius 1 is 1.40 bits per heavy atom. The van der Waals surface area contributed by atoms with E-state index in [4.69, 9.17) is 10.1 Å². The van der Waals surface area contributed by atoms with Crippen molar-refractivity contribution in [2.24, 2.45) is 0 Å². The van der Waals surface area contributed by atoms with E-state index in [1.807, 2.05) is 12.1 Å². The minimum absolute atomic E-state index is 0.317. The predicted octanol–water partition coefficient (Wildman–Crippen LogP) is 3.69. The van der Waals surface area contributed by atoms with Gasteiger partial charge in [-0.1, -0.05) is 36.0 Å². The molecule has 2 rings (SSSR count). The van der Waals surface area contributed by atoms with Crippen LogP contribution in [0.15, 0.2) is 35.7 Å². The average Bonchev–Trinajstić information content (AvgIpc) is 2.44. The number of piperidine rings is 1. The van der Waals surface area contributed by atoms with Crippen molar-refractivity contribution < 1.29 is 4.74 Å². The Balaban J connectivity index is 1.75. The number of likely N-dealkylation sites (tertiary alicyclic amines) is 1. The number of hydrogen-bond donors (Lipinski definition) is 1. The predicted molar refractivity (Wildman–Crippen MR) is 86.8 cm³/mol. The molecule has 1 aromatic rings. The Bertz CT molecular complexity index is 450. The molecule has 1 aromatic carbocycles. The molecule has 1 aliphatic heterocycles. The van der Waals surface area contributed by atoms with Crippen LogP contribution in [0.4, 0.5) is 0 Å². The highest BCUT2D eigenvalue weighted by atomic mass is 32.2. The molecule has 3 nitrogen and oxygen atoms in total. The van der Waals surface area contributed by atoms with Crippen molar-refractivity contribution >= 4 is 17.3 Å². The van der Waals surface area contributed by atoms with E-state index in [0.29, 0.717) is 6.10 Å². The molecule has 0 aromatic heterocycles. The largest absolute Gasteiger partial charge is 0.490 e. The molecular weight excluding hydrogens is 268 g/mol. The van der Waals surface area contributed by atoms with E-state index < -0.39 is 0 Å². The highest BCUT2D eigenvalue weighted by Gasteiger charge is 2.20. The number of hydrogen-bond acceptors (Lipinski definition) is 4. The SMILES string of the molecule is C=C(CN1CCC(Oc2ccc(C)cc2)CC1)SC=N. The second-order valence-corrected chi connectivity index (χ2v) is 6.23. The Morgan fingerprint density at radius 2 is 2.05 bits per heavy atom. The second-order valence-electron chi connectivity index (χ2n) is 5.18. The number of rotatable bonds is 6. The van der Waals surface area contributed by atoms with Crippen molar-refractivity contribution in [2.45, 2.75) is 25.9 Å². The van der Waals surface area contributed by atoms with Crippen molar-refractivity contribution in [2.75, 3.05) is 19.6 Å². The number of nitrogens with one attached hydrogen (secondary N) is 1. The van der Waals surface area contributed by atoms with Gasteiger partial charge < -0.3 is 10.1 Å². The van der Waals surface area contributed by atoms with Gasteiger partial charge in [0.25, 0.3) is 0 Å². The Kier molecular flexibility index (Phi) is 5.68. The molecule has 0 spiro atoms. The average molecular weight is 290 g/mol. The fourth-order valence-electron chi connectivity index (χ4n) is 2.36. The van der Waals surface area contributed by atoms with Gasteiger partial charge in [0.1, 0.15) is 11.9 Å². The van der Waals surface area contributed by atoms with Crippen LogP contribution in [-0.4, -0.2) is 36.2 Å². The molecule has 0 bridgehead atoms. The maximum absolute atomic E-state index is 7.06. The molecule has 0 amide bonds. The van der Waals surface area contributed by atoms with E-state index in [1.54, 1.807) is 0 Å². The topological polar surface area (TPSA) is 36.3 Å². The number of benzene rings is 1. The van der Waals surface area contributed by atoms with Gasteiger partial charge >= 0.3 is 0 Å². The van der Waals surface area contributed by atoms with Crippen molar-refractivity contribution in [3.05, 3.63) is 41.3 Å². The van der Waals surface area contributed by atoms with Crippen LogP contribution >= 0.6 is 11.8 Å². The summed E-state index contributed by atoms with van der Waals surface area (Å²) in [6, 6.07) is 8.26. The van der Waals surface area contributed by atoms with Crippen LogP contribution in [0.5, 0.6) is 5.75 Å². The van der Waals surface area contributed by atoms with E-state index in [0.717, 1.165) is 43.1 Å². The minimum Gasteiger partial charge on any atom is -0.490 e. The Hall–Kier alpha value is -1.26. The summed E-state index contributed by atoms with van der Waals surface area (Å²) in [6.07, 6.45) is 2.42. The Morgan fingerprint density at radius 3 is 2.65 bits per heavy atom. The molecule has 0 atom stereocenters. The smallest absolute Gasteiger partial charge is 0.119 e. The van der Waals surface area contributed by atoms with Crippen molar-refractivity contribution in [1.82, 2.24) is 4.90 Å². The maximum atomic E-state index is 7.06. The van der Waals surface area contributed by atoms with E-state index in [1.165, 1.54) is 22.9 Å². The lowest BCUT2D eigenvalue weighted by atomic mass is 10.1. The third kappa shape index (κ3) is 4.69. The first-order valence-corrected chi connectivity index (χ1v) is 7.84. The summed E-state index contributed by atoms with van der Waals surface area (Å²) in [6.45, 7) is 9.00. The lowest BCUT2D eigenvalue weighted by Gasteiger charge is -2.32. The first-order chi connectivity index (χ1) is 9.67. The van der Waals surface area contributed by atoms with Crippen LogP contribution in [0.3, 0.4) is 0 Å². The molecule has 0 radical (unpaired) electrons. The molecule has 20 heavy (non-hydrogen) atoms. The van der Waals surface area contributed by atoms with Crippen LogP contribution in [-0.2, 0) is 0 Å². The molecule has 0 saturated carbocycles. The van der Waals surface area contributed by atoms with Gasteiger partial charge in [-0.3, -0.25) is 4.90 Å². The van der Waals surface area contributed by atoms with Gasteiger partial charge in [-0.05, 0) is 36.8 Å². The number of thioether (sulfide) groups is 1. The van der Waals surface area contributed by atoms with E-state index in [2.05, 4.69) is 30.5 Å². The van der Waals surface area contributed by atoms with Gasteiger partial charge in [0.2, 0.25) is 0 Å². The lowest BCUT2D eigenvalue weighted by Crippen LogP contribution is -2.38. The van der Waals surface area contributed by atoms with E-state index in [-0.39, 0.29) is 0 Å². The van der Waals surface area contributed by atoms with E-state index in [9.17, 15) is 0 Å². The molecule has 1 N–H and O–H groups in total. The van der Waals surface area contributed by atoms with Crippen LogP contribution < -0.4 is 4.74 Å². The van der Waals surface area contributed by atoms with E-state index >= 15 is 0 Å². The Labute approximate surface area is 125 Å². The number of ether oxygens (including phenoxy) is 1. The standard InChI is InChI=1S/C16H22N2OS/c1-13-3-5-15(6-4-13)19-16-7-9-18(10-8-16)11-14(2)20-12-17/h3-6,12,16-17H,2,7-11H2,1H3. The maximum Gasteiger partial charge on any atom is 0.119 e. The summed E-state index contributed by atoms with van der Waals surface area (Å²) >= 11 is 1.40. The highest BCUT2D eigenvalue weighted by Crippen LogP contribution is 2.21. The van der Waals surface area contributed by atoms with Gasteiger partial charge in [-0.15, -0.1) is 0 Å². The summed E-state index contributed by atoms with van der Waals surface area (Å²) in [5, 5.41) is 7.06. The summed E-state index contributed by atoms with van der Waals surface area (Å²) in [4.78, 5) is 3.42. The summed E-state index contributed by atoms with van der Waals surface area (Å²) in [7, 11) is 0. The summed E-state index contributed by atoms with van der Waals surface area (Å²) in [5.74, 6) is 0.970. The van der Waals surface area contributed by atoms with Gasteiger partial charge in [0, 0.05) is 19.6 Å². The molecule has 0 aliphatic carbocycles. The fraction of sp³-hybridized carbons (Fsp3) is 0.438. The second kappa shape index (κ2) is 7.50. The van der Waals surface area contributed by atoms with Crippen molar-refractivity contribution in [3.8, 4) is 5.75 Å². The molecular formula is C16H22N2OS. The van der Waals surface area contributed by atoms with Gasteiger partial charge in [0.05, 0.1) is 5.55 Å². The molecule has 4 heteroatoms. The first-order valence-electron chi connectivity index (χ1n) is 6.96. The molecule has 108 valence electrons. The zero-order valence-electron chi connectivity index (χ0n) is 12.0. The van der Waals surface area contributed by atoms with Crippen molar-refractivity contribution in [3.63, 3.8) is 0 Å². The first kappa shape index (κ1) is 15.1. The molecule has 1 fully saturated rings. The zero-order valence-corrected chi connectivity index (χ0v) is 12.8. The van der Waals surface area contributed by atoms with Crippen LogP contribution in [0.25, 0.3) is 0 Å². The molecule has 1 saturated heterocycles. The number of aryl methyl sites for hydroxylation is 1. The summed E-state index contributed by atoms with van der Waals surface area (Å²) in [5.41, 5.74) is 2.60. The normalized spacial score (nSPS) is 16.9. The molecule has 1 heterocycles. The minimum atomic E-state index is 0.317. The highest BCUT2D eigenvalue weighted by molar-refractivity contribution is 8.15. The van der Waals surface area contributed by atoms with Gasteiger partial charge in [-0.2, -0.15) is 0 Å². The number of nitrogens with zero attached hydrogens (tertiary/aromatic N) is 1. The monoisotopic (exact) mass is 290 g/mol. The lowest BCUT2D eigenvalue weighted by molar-refractivity contribution is 0.107. The summed E-state index contributed by atoms with van der Waals surface area (Å²) < 4.78 is 6.02. The third-order valence-electron chi connectivity index (χ3n) is 3.48. The molecule has 0 unspecified atom stereocenters.